The highest BCUT2D eigenvalue weighted by Gasteiger charge is 2.16. The molecule has 0 amide bonds. The van der Waals surface area contributed by atoms with Crippen molar-refractivity contribution in [3.8, 4) is 0 Å². The van der Waals surface area contributed by atoms with Crippen molar-refractivity contribution in [2.75, 3.05) is 39.5 Å². The van der Waals surface area contributed by atoms with Crippen molar-refractivity contribution < 1.29 is 9.84 Å². The number of nitrogens with zero attached hydrogens (tertiary/aromatic N) is 1. The van der Waals surface area contributed by atoms with E-state index < -0.39 is 5.54 Å². The summed E-state index contributed by atoms with van der Waals surface area (Å²) in [6.07, 6.45) is 1.88. The van der Waals surface area contributed by atoms with E-state index in [1.165, 1.54) is 0 Å². The van der Waals surface area contributed by atoms with Crippen molar-refractivity contribution in [1.82, 2.24) is 4.90 Å². The van der Waals surface area contributed by atoms with Gasteiger partial charge in [-0.05, 0) is 39.8 Å². The summed E-state index contributed by atoms with van der Waals surface area (Å²) in [6.45, 7) is 10.7. The Hall–Kier alpha value is -0.160. The molecule has 0 aromatic carbocycles. The van der Waals surface area contributed by atoms with Crippen molar-refractivity contribution >= 4 is 0 Å². The summed E-state index contributed by atoms with van der Waals surface area (Å²) in [6, 6.07) is 0. The normalized spacial score (nSPS) is 15.4. The van der Waals surface area contributed by atoms with Crippen LogP contribution in [0.15, 0.2) is 0 Å². The fourth-order valence-corrected chi connectivity index (χ4v) is 1.55. The number of hydrogen-bond acceptors (Lipinski definition) is 4. The maximum Gasteiger partial charge on any atom is 0.0608 e. The lowest BCUT2D eigenvalue weighted by Gasteiger charge is -2.25. The van der Waals surface area contributed by atoms with Gasteiger partial charge in [0.15, 0.2) is 0 Å². The predicted molar refractivity (Wildman–Crippen MR) is 67.5 cm³/mol. The van der Waals surface area contributed by atoms with Crippen molar-refractivity contribution in [3.05, 3.63) is 0 Å². The van der Waals surface area contributed by atoms with Crippen LogP contribution in [0.25, 0.3) is 0 Å². The van der Waals surface area contributed by atoms with E-state index in [-0.39, 0.29) is 6.61 Å². The van der Waals surface area contributed by atoms with E-state index in [1.54, 1.807) is 0 Å². The second-order valence-corrected chi connectivity index (χ2v) is 4.55. The molecule has 0 bridgehead atoms. The van der Waals surface area contributed by atoms with Gasteiger partial charge in [-0.1, -0.05) is 6.92 Å². The number of aliphatic hydroxyl groups is 1. The fourth-order valence-electron chi connectivity index (χ4n) is 1.55. The van der Waals surface area contributed by atoms with Crippen LogP contribution in [0.2, 0.25) is 0 Å². The molecule has 0 aliphatic carbocycles. The monoisotopic (exact) mass is 232 g/mol. The quantitative estimate of drug-likeness (QED) is 0.548. The van der Waals surface area contributed by atoms with Gasteiger partial charge in [0.2, 0.25) is 0 Å². The Morgan fingerprint density at radius 1 is 1.31 bits per heavy atom. The summed E-state index contributed by atoms with van der Waals surface area (Å²) in [5.41, 5.74) is 5.44. The topological polar surface area (TPSA) is 58.7 Å². The Morgan fingerprint density at radius 2 is 2.00 bits per heavy atom. The average molecular weight is 232 g/mol. The van der Waals surface area contributed by atoms with E-state index in [9.17, 15) is 0 Å². The van der Waals surface area contributed by atoms with Gasteiger partial charge in [0.25, 0.3) is 0 Å². The van der Waals surface area contributed by atoms with Gasteiger partial charge >= 0.3 is 0 Å². The van der Waals surface area contributed by atoms with Gasteiger partial charge < -0.3 is 20.5 Å². The number of likely N-dealkylation sites (N-methyl/N-ethyl adjacent to an activating group) is 1. The molecule has 0 aliphatic heterocycles. The first-order valence-electron chi connectivity index (χ1n) is 6.25. The van der Waals surface area contributed by atoms with Crippen LogP contribution in [0, 0.1) is 0 Å². The van der Waals surface area contributed by atoms with Gasteiger partial charge in [-0.15, -0.1) is 0 Å². The molecule has 0 radical (unpaired) electrons. The summed E-state index contributed by atoms with van der Waals surface area (Å²) in [4.78, 5) is 2.35. The highest BCUT2D eigenvalue weighted by Crippen LogP contribution is 2.08. The number of nitrogens with two attached hydrogens (primary N) is 1. The lowest BCUT2D eigenvalue weighted by molar-refractivity contribution is 0.112. The minimum absolute atomic E-state index is 0.0536. The number of hydrogen-bond donors (Lipinski definition) is 2. The second-order valence-electron chi connectivity index (χ2n) is 4.55. The van der Waals surface area contributed by atoms with Gasteiger partial charge in [-0.3, -0.25) is 0 Å². The van der Waals surface area contributed by atoms with Gasteiger partial charge in [-0.25, -0.2) is 0 Å². The third-order valence-electron chi connectivity index (χ3n) is 2.79. The molecule has 98 valence electrons. The molecule has 0 rings (SSSR count). The first kappa shape index (κ1) is 15.8. The third-order valence-corrected chi connectivity index (χ3v) is 2.79. The molecule has 1 unspecified atom stereocenters. The van der Waals surface area contributed by atoms with Crippen LogP contribution in [0.3, 0.4) is 0 Å². The van der Waals surface area contributed by atoms with Crippen molar-refractivity contribution in [2.24, 2.45) is 5.73 Å². The Kier molecular flexibility index (Phi) is 8.84. The van der Waals surface area contributed by atoms with Crippen LogP contribution >= 0.6 is 0 Å². The second kappa shape index (κ2) is 8.93. The zero-order valence-corrected chi connectivity index (χ0v) is 11.0. The van der Waals surface area contributed by atoms with E-state index in [0.717, 1.165) is 45.7 Å². The Morgan fingerprint density at radius 3 is 2.50 bits per heavy atom. The molecule has 0 fully saturated rings. The van der Waals surface area contributed by atoms with Crippen molar-refractivity contribution in [2.45, 2.75) is 39.2 Å². The van der Waals surface area contributed by atoms with E-state index in [0.29, 0.717) is 0 Å². The highest BCUT2D eigenvalue weighted by molar-refractivity contribution is 4.77. The zero-order valence-electron chi connectivity index (χ0n) is 11.0. The summed E-state index contributed by atoms with van der Waals surface area (Å²) in [7, 11) is 0. The largest absolute Gasteiger partial charge is 0.394 e. The van der Waals surface area contributed by atoms with Crippen LogP contribution in [0.4, 0.5) is 0 Å². The van der Waals surface area contributed by atoms with Crippen LogP contribution in [0.5, 0.6) is 0 Å². The molecule has 4 heteroatoms. The van der Waals surface area contributed by atoms with Gasteiger partial charge in [0, 0.05) is 18.7 Å². The minimum atomic E-state index is -0.431. The van der Waals surface area contributed by atoms with Crippen LogP contribution in [0.1, 0.15) is 33.6 Å². The first-order chi connectivity index (χ1) is 7.55. The molecule has 16 heavy (non-hydrogen) atoms. The van der Waals surface area contributed by atoms with E-state index in [1.807, 2.05) is 13.8 Å². The van der Waals surface area contributed by atoms with Gasteiger partial charge in [-0.2, -0.15) is 0 Å². The lowest BCUT2D eigenvalue weighted by atomic mass is 9.98. The summed E-state index contributed by atoms with van der Waals surface area (Å²) in [5, 5.41) is 9.03. The SMILES string of the molecule is CCOCCN(CC)CCCC(C)(N)CO. The standard InChI is InChI=1S/C12H28N2O2/c1-4-14(9-10-16-5-2)8-6-7-12(3,13)11-15/h15H,4-11,13H2,1-3H3. The number of rotatable bonds is 10. The highest BCUT2D eigenvalue weighted by atomic mass is 16.5. The summed E-state index contributed by atoms with van der Waals surface area (Å²) in [5.74, 6) is 0. The Balaban J connectivity index is 3.62. The molecular formula is C12H28N2O2. The molecule has 0 saturated heterocycles. The maximum absolute atomic E-state index is 9.03. The molecule has 3 N–H and O–H groups in total. The number of ether oxygens (including phenoxy) is 1. The van der Waals surface area contributed by atoms with Crippen LogP contribution in [-0.2, 0) is 4.74 Å². The molecule has 4 nitrogen and oxygen atoms in total. The lowest BCUT2D eigenvalue weighted by Crippen LogP contribution is -2.41. The third kappa shape index (κ3) is 8.05. The van der Waals surface area contributed by atoms with E-state index in [2.05, 4.69) is 11.8 Å². The molecule has 0 heterocycles. The molecule has 1 atom stereocenters. The zero-order chi connectivity index (χ0) is 12.4. The molecule has 0 aromatic heterocycles. The first-order valence-corrected chi connectivity index (χ1v) is 6.25. The smallest absolute Gasteiger partial charge is 0.0608 e. The van der Waals surface area contributed by atoms with Gasteiger partial charge in [0.05, 0.1) is 13.2 Å². The minimum Gasteiger partial charge on any atom is -0.394 e. The molecule has 0 aromatic rings. The fraction of sp³-hybridized carbons (Fsp3) is 1.00. The predicted octanol–water partition coefficient (Wildman–Crippen LogP) is 0.835. The Labute approximate surface area is 99.8 Å². The van der Waals surface area contributed by atoms with Crippen LogP contribution < -0.4 is 5.73 Å². The van der Waals surface area contributed by atoms with Crippen molar-refractivity contribution in [3.63, 3.8) is 0 Å². The van der Waals surface area contributed by atoms with E-state index >= 15 is 0 Å². The van der Waals surface area contributed by atoms with Crippen molar-refractivity contribution in [1.29, 1.82) is 0 Å². The Bertz CT molecular complexity index is 163. The van der Waals surface area contributed by atoms with E-state index in [4.69, 9.17) is 15.6 Å². The maximum atomic E-state index is 9.03. The van der Waals surface area contributed by atoms with Gasteiger partial charge in [0.1, 0.15) is 0 Å². The molecule has 0 saturated carbocycles. The molecular weight excluding hydrogens is 204 g/mol. The van der Waals surface area contributed by atoms with Crippen LogP contribution in [-0.4, -0.2) is 55.0 Å². The average Bonchev–Trinajstić information content (AvgIpc) is 2.27. The number of aliphatic hydroxyl groups excluding tert-OH is 1. The summed E-state index contributed by atoms with van der Waals surface area (Å²) < 4.78 is 5.33. The summed E-state index contributed by atoms with van der Waals surface area (Å²) >= 11 is 0. The molecule has 0 spiro atoms. The molecule has 0 aliphatic rings.